The molecule has 0 aliphatic heterocycles. The lowest BCUT2D eigenvalue weighted by Gasteiger charge is -2.13. The Balaban J connectivity index is 2.37. The molecule has 4 nitrogen and oxygen atoms in total. The number of hydrogen-bond acceptors (Lipinski definition) is 3. The molecule has 0 aliphatic rings. The van der Waals surface area contributed by atoms with Crippen LogP contribution in [0.2, 0.25) is 0 Å². The smallest absolute Gasteiger partial charge is 0.408 e. The van der Waals surface area contributed by atoms with Crippen molar-refractivity contribution in [3.05, 3.63) is 35.9 Å². The van der Waals surface area contributed by atoms with Crippen molar-refractivity contribution in [1.82, 2.24) is 5.32 Å². The van der Waals surface area contributed by atoms with Gasteiger partial charge in [0.1, 0.15) is 6.61 Å². The van der Waals surface area contributed by atoms with Gasteiger partial charge in [-0.15, -0.1) is 0 Å². The highest BCUT2D eigenvalue weighted by molar-refractivity contribution is 5.85. The number of carbonyl (C=O) groups excluding carboxylic acids is 2. The first-order valence-electron chi connectivity index (χ1n) is 5.61. The third-order valence-electron chi connectivity index (χ3n) is 2.40. The molecule has 1 amide bonds. The number of amides is 1. The summed E-state index contributed by atoms with van der Waals surface area (Å²) in [7, 11) is 0. The first-order chi connectivity index (χ1) is 8.13. The molecule has 1 aromatic carbocycles. The zero-order valence-electron chi connectivity index (χ0n) is 10.1. The minimum atomic E-state index is -0.559. The summed E-state index contributed by atoms with van der Waals surface area (Å²) >= 11 is 0. The van der Waals surface area contributed by atoms with Crippen LogP contribution in [0.4, 0.5) is 4.79 Å². The van der Waals surface area contributed by atoms with Crippen molar-refractivity contribution >= 4 is 11.9 Å². The first kappa shape index (κ1) is 13.2. The van der Waals surface area contributed by atoms with Crippen LogP contribution < -0.4 is 5.32 Å². The molecule has 0 spiro atoms. The fraction of sp³-hybridized carbons (Fsp3) is 0.385. The maximum absolute atomic E-state index is 11.4. The number of hydrogen-bond donors (Lipinski definition) is 1. The molecule has 17 heavy (non-hydrogen) atoms. The summed E-state index contributed by atoms with van der Waals surface area (Å²) in [5.41, 5.74) is 0.915. The molecular formula is C13H17NO3. The molecule has 0 saturated heterocycles. The average Bonchev–Trinajstić information content (AvgIpc) is 2.34. The van der Waals surface area contributed by atoms with Crippen LogP contribution in [0.1, 0.15) is 25.8 Å². The number of alkyl carbamates (subject to hydrolysis) is 1. The van der Waals surface area contributed by atoms with E-state index in [0.29, 0.717) is 6.42 Å². The summed E-state index contributed by atoms with van der Waals surface area (Å²) in [6.07, 6.45) is 0.00590. The van der Waals surface area contributed by atoms with Gasteiger partial charge in [0.15, 0.2) is 5.78 Å². The highest BCUT2D eigenvalue weighted by Gasteiger charge is 2.15. The highest BCUT2D eigenvalue weighted by atomic mass is 16.5. The van der Waals surface area contributed by atoms with Crippen molar-refractivity contribution in [2.24, 2.45) is 0 Å². The van der Waals surface area contributed by atoms with Gasteiger partial charge in [0.2, 0.25) is 0 Å². The molecule has 1 rings (SSSR count). The molecule has 92 valence electrons. The van der Waals surface area contributed by atoms with Crippen molar-refractivity contribution < 1.29 is 14.3 Å². The Morgan fingerprint density at radius 1 is 1.29 bits per heavy atom. The molecule has 1 unspecified atom stereocenters. The molecule has 1 atom stereocenters. The summed E-state index contributed by atoms with van der Waals surface area (Å²) in [6, 6.07) is 8.93. The maximum atomic E-state index is 11.4. The van der Waals surface area contributed by atoms with Gasteiger partial charge in [-0.1, -0.05) is 37.3 Å². The van der Waals surface area contributed by atoms with Crippen molar-refractivity contribution in [3.8, 4) is 0 Å². The SMILES string of the molecule is CCC(NC(=O)OCc1ccccc1)C(C)=O. The number of rotatable bonds is 5. The van der Waals surface area contributed by atoms with Gasteiger partial charge in [0.05, 0.1) is 6.04 Å². The van der Waals surface area contributed by atoms with Gasteiger partial charge < -0.3 is 10.1 Å². The van der Waals surface area contributed by atoms with Crippen molar-refractivity contribution in [2.45, 2.75) is 32.9 Å². The Bertz CT molecular complexity index is 376. The Labute approximate surface area is 101 Å². The summed E-state index contributed by atoms with van der Waals surface area (Å²) in [6.45, 7) is 3.50. The molecular weight excluding hydrogens is 218 g/mol. The largest absolute Gasteiger partial charge is 0.445 e. The standard InChI is InChI=1S/C13H17NO3/c1-3-12(10(2)15)14-13(16)17-9-11-7-5-4-6-8-11/h4-8,12H,3,9H2,1-2H3,(H,14,16). The van der Waals surface area contributed by atoms with E-state index in [4.69, 9.17) is 4.74 Å². The van der Waals surface area contributed by atoms with Gasteiger partial charge in [-0.3, -0.25) is 4.79 Å². The molecule has 1 N–H and O–H groups in total. The monoisotopic (exact) mass is 235 g/mol. The topological polar surface area (TPSA) is 55.4 Å². The number of Topliss-reactive ketones (excluding diaryl/α,β-unsaturated/α-hetero) is 1. The van der Waals surface area contributed by atoms with E-state index in [-0.39, 0.29) is 12.4 Å². The first-order valence-corrected chi connectivity index (χ1v) is 5.61. The molecule has 4 heteroatoms. The second-order valence-corrected chi connectivity index (χ2v) is 3.78. The third kappa shape index (κ3) is 4.68. The van der Waals surface area contributed by atoms with Gasteiger partial charge in [-0.2, -0.15) is 0 Å². The molecule has 0 heterocycles. The summed E-state index contributed by atoms with van der Waals surface area (Å²) < 4.78 is 5.01. The molecule has 0 aliphatic carbocycles. The molecule has 0 bridgehead atoms. The summed E-state index contributed by atoms with van der Waals surface area (Å²) in [4.78, 5) is 22.5. The van der Waals surface area contributed by atoms with E-state index in [1.165, 1.54) is 6.92 Å². The number of ether oxygens (including phenoxy) is 1. The Hall–Kier alpha value is -1.84. The summed E-state index contributed by atoms with van der Waals surface area (Å²) in [5, 5.41) is 2.53. The van der Waals surface area contributed by atoms with E-state index in [1.54, 1.807) is 0 Å². The predicted octanol–water partition coefficient (Wildman–Crippen LogP) is 2.28. The third-order valence-corrected chi connectivity index (χ3v) is 2.40. The van der Waals surface area contributed by atoms with E-state index in [0.717, 1.165) is 5.56 Å². The van der Waals surface area contributed by atoms with E-state index in [9.17, 15) is 9.59 Å². The maximum Gasteiger partial charge on any atom is 0.408 e. The van der Waals surface area contributed by atoms with Crippen LogP contribution >= 0.6 is 0 Å². The Kier molecular flexibility index (Phi) is 5.20. The minimum Gasteiger partial charge on any atom is -0.445 e. The fourth-order valence-corrected chi connectivity index (χ4v) is 1.40. The quantitative estimate of drug-likeness (QED) is 0.851. The second kappa shape index (κ2) is 6.68. The summed E-state index contributed by atoms with van der Waals surface area (Å²) in [5.74, 6) is -0.0656. The van der Waals surface area contributed by atoms with Crippen molar-refractivity contribution in [3.63, 3.8) is 0 Å². The Morgan fingerprint density at radius 3 is 2.47 bits per heavy atom. The highest BCUT2D eigenvalue weighted by Crippen LogP contribution is 2.01. The number of ketones is 1. The molecule has 0 fully saturated rings. The second-order valence-electron chi connectivity index (χ2n) is 3.78. The Morgan fingerprint density at radius 2 is 1.94 bits per heavy atom. The van der Waals surface area contributed by atoms with Gasteiger partial charge in [0, 0.05) is 0 Å². The minimum absolute atomic E-state index is 0.0656. The normalized spacial score (nSPS) is 11.6. The molecule has 0 saturated carbocycles. The van der Waals surface area contributed by atoms with Crippen LogP contribution in [-0.4, -0.2) is 17.9 Å². The van der Waals surface area contributed by atoms with Gasteiger partial charge >= 0.3 is 6.09 Å². The molecule has 0 aromatic heterocycles. The molecule has 1 aromatic rings. The van der Waals surface area contributed by atoms with Crippen LogP contribution in [0.15, 0.2) is 30.3 Å². The number of benzene rings is 1. The predicted molar refractivity (Wildman–Crippen MR) is 64.5 cm³/mol. The lowest BCUT2D eigenvalue weighted by molar-refractivity contribution is -0.118. The van der Waals surface area contributed by atoms with E-state index < -0.39 is 12.1 Å². The lowest BCUT2D eigenvalue weighted by atomic mass is 10.1. The van der Waals surface area contributed by atoms with Gasteiger partial charge in [-0.05, 0) is 18.9 Å². The number of carbonyl (C=O) groups is 2. The zero-order valence-corrected chi connectivity index (χ0v) is 10.1. The zero-order chi connectivity index (χ0) is 12.7. The van der Waals surface area contributed by atoms with Crippen LogP contribution in [0.3, 0.4) is 0 Å². The molecule has 0 radical (unpaired) electrons. The lowest BCUT2D eigenvalue weighted by Crippen LogP contribution is -2.39. The van der Waals surface area contributed by atoms with E-state index >= 15 is 0 Å². The van der Waals surface area contributed by atoms with Crippen LogP contribution in [-0.2, 0) is 16.1 Å². The van der Waals surface area contributed by atoms with Gasteiger partial charge in [0.25, 0.3) is 0 Å². The number of nitrogens with one attached hydrogen (secondary N) is 1. The van der Waals surface area contributed by atoms with E-state index in [2.05, 4.69) is 5.32 Å². The van der Waals surface area contributed by atoms with Gasteiger partial charge in [-0.25, -0.2) is 4.79 Å². The van der Waals surface area contributed by atoms with Crippen LogP contribution in [0.5, 0.6) is 0 Å². The van der Waals surface area contributed by atoms with Crippen molar-refractivity contribution in [1.29, 1.82) is 0 Å². The average molecular weight is 235 g/mol. The van der Waals surface area contributed by atoms with Crippen molar-refractivity contribution in [2.75, 3.05) is 0 Å². The fourth-order valence-electron chi connectivity index (χ4n) is 1.40. The van der Waals surface area contributed by atoms with Crippen LogP contribution in [0.25, 0.3) is 0 Å². The van der Waals surface area contributed by atoms with E-state index in [1.807, 2.05) is 37.3 Å². The van der Waals surface area contributed by atoms with Crippen LogP contribution in [0, 0.1) is 0 Å².